The second-order valence-electron chi connectivity index (χ2n) is 7.03. The number of ether oxygens (including phenoxy) is 1. The van der Waals surface area contributed by atoms with E-state index in [2.05, 4.69) is 0 Å². The van der Waals surface area contributed by atoms with Gasteiger partial charge in [0.15, 0.2) is 0 Å². The van der Waals surface area contributed by atoms with Gasteiger partial charge in [-0.1, -0.05) is 79.6 Å². The van der Waals surface area contributed by atoms with Crippen LogP contribution in [0.1, 0.15) is 37.3 Å². The third-order valence-electron chi connectivity index (χ3n) is 4.75. The Bertz CT molecular complexity index is 990. The highest BCUT2D eigenvalue weighted by atomic mass is 35.5. The van der Waals surface area contributed by atoms with Crippen molar-refractivity contribution in [3.05, 3.63) is 69.6 Å². The lowest BCUT2D eigenvalue weighted by atomic mass is 10.1. The summed E-state index contributed by atoms with van der Waals surface area (Å²) >= 11 is 12.3. The zero-order valence-electron chi connectivity index (χ0n) is 16.9. The predicted octanol–water partition coefficient (Wildman–Crippen LogP) is 5.76. The molecule has 0 spiro atoms. The maximum absolute atomic E-state index is 12.8. The first kappa shape index (κ1) is 23.3. The summed E-state index contributed by atoms with van der Waals surface area (Å²) in [7, 11) is 0. The van der Waals surface area contributed by atoms with E-state index in [0.717, 1.165) is 29.3 Å². The molecule has 1 aliphatic rings. The van der Waals surface area contributed by atoms with Gasteiger partial charge < -0.3 is 9.84 Å². The molecule has 0 aliphatic carbocycles. The monoisotopic (exact) mass is 475 g/mol. The lowest BCUT2D eigenvalue weighted by Crippen LogP contribution is -2.43. The SMILES string of the molecule is CCCC[C@@H](C(=O)O)N1C(=O)/C(=C/c2ccc(OCc3ccc(Cl)cc3)cc2)SC1=S. The Morgan fingerprint density at radius 1 is 1.23 bits per heavy atom. The van der Waals surface area contributed by atoms with Gasteiger partial charge in [0.2, 0.25) is 0 Å². The fourth-order valence-electron chi connectivity index (χ4n) is 3.07. The van der Waals surface area contributed by atoms with Gasteiger partial charge in [-0.15, -0.1) is 0 Å². The van der Waals surface area contributed by atoms with Gasteiger partial charge in [0.25, 0.3) is 5.91 Å². The molecule has 0 aromatic heterocycles. The van der Waals surface area contributed by atoms with E-state index in [-0.39, 0.29) is 10.2 Å². The van der Waals surface area contributed by atoms with Gasteiger partial charge in [-0.05, 0) is 47.9 Å². The van der Waals surface area contributed by atoms with E-state index in [4.69, 9.17) is 28.6 Å². The Hall–Kier alpha value is -2.35. The summed E-state index contributed by atoms with van der Waals surface area (Å²) in [6.45, 7) is 2.40. The number of carboxylic acid groups (broad SMARTS) is 1. The number of carbonyl (C=O) groups is 2. The molecule has 2 aromatic carbocycles. The van der Waals surface area contributed by atoms with Gasteiger partial charge in [-0.2, -0.15) is 0 Å². The maximum atomic E-state index is 12.8. The minimum Gasteiger partial charge on any atom is -0.489 e. The highest BCUT2D eigenvalue weighted by Crippen LogP contribution is 2.35. The molecule has 1 saturated heterocycles. The smallest absolute Gasteiger partial charge is 0.326 e. The highest BCUT2D eigenvalue weighted by Gasteiger charge is 2.40. The third-order valence-corrected chi connectivity index (χ3v) is 6.33. The van der Waals surface area contributed by atoms with Crippen LogP contribution in [-0.2, 0) is 16.2 Å². The largest absolute Gasteiger partial charge is 0.489 e. The van der Waals surface area contributed by atoms with Crippen LogP contribution in [0.15, 0.2) is 53.4 Å². The molecular weight excluding hydrogens is 454 g/mol. The number of unbranched alkanes of at least 4 members (excludes halogenated alkanes) is 1. The van der Waals surface area contributed by atoms with Gasteiger partial charge in [0.1, 0.15) is 22.7 Å². The molecule has 31 heavy (non-hydrogen) atoms. The maximum Gasteiger partial charge on any atom is 0.326 e. The van der Waals surface area contributed by atoms with Gasteiger partial charge >= 0.3 is 5.97 Å². The normalized spacial score (nSPS) is 16.1. The number of thiocarbonyl (C=S) groups is 1. The van der Waals surface area contributed by atoms with Crippen LogP contribution in [0.5, 0.6) is 5.75 Å². The van der Waals surface area contributed by atoms with Crippen molar-refractivity contribution in [2.45, 2.75) is 38.8 Å². The summed E-state index contributed by atoms with van der Waals surface area (Å²) in [5.74, 6) is -0.695. The van der Waals surface area contributed by atoms with Gasteiger partial charge in [-0.3, -0.25) is 9.69 Å². The van der Waals surface area contributed by atoms with Crippen molar-refractivity contribution in [1.82, 2.24) is 4.90 Å². The molecule has 2 aromatic rings. The van der Waals surface area contributed by atoms with Crippen molar-refractivity contribution >= 4 is 57.9 Å². The lowest BCUT2D eigenvalue weighted by molar-refractivity contribution is -0.145. The van der Waals surface area contributed by atoms with E-state index in [0.29, 0.717) is 35.1 Å². The average Bonchev–Trinajstić information content (AvgIpc) is 3.02. The summed E-state index contributed by atoms with van der Waals surface area (Å²) in [4.78, 5) is 26.1. The Balaban J connectivity index is 1.67. The minimum absolute atomic E-state index is 0.280. The quantitative estimate of drug-likeness (QED) is 0.367. The second kappa shape index (κ2) is 10.8. The van der Waals surface area contributed by atoms with E-state index in [9.17, 15) is 14.7 Å². The van der Waals surface area contributed by atoms with E-state index in [1.165, 1.54) is 4.90 Å². The molecule has 0 unspecified atom stereocenters. The standard InChI is InChI=1S/C23H22ClNO4S2/c1-2-3-4-19(22(27)28)25-21(26)20(31-23(25)30)13-15-7-11-18(12-8-15)29-14-16-5-9-17(24)10-6-16/h5-13,19H,2-4,14H2,1H3,(H,27,28)/b20-13-/t19-/m0/s1. The lowest BCUT2D eigenvalue weighted by Gasteiger charge is -2.22. The van der Waals surface area contributed by atoms with E-state index in [1.807, 2.05) is 55.5 Å². The molecule has 1 fully saturated rings. The predicted molar refractivity (Wildman–Crippen MR) is 128 cm³/mol. The molecule has 1 aliphatic heterocycles. The molecule has 0 bridgehead atoms. The molecule has 1 heterocycles. The van der Waals surface area contributed by atoms with E-state index in [1.54, 1.807) is 6.08 Å². The Morgan fingerprint density at radius 3 is 2.52 bits per heavy atom. The zero-order valence-corrected chi connectivity index (χ0v) is 19.3. The van der Waals surface area contributed by atoms with Crippen LogP contribution in [0.3, 0.4) is 0 Å². The van der Waals surface area contributed by atoms with E-state index >= 15 is 0 Å². The Kier molecular flexibility index (Phi) is 8.12. The van der Waals surface area contributed by atoms with Crippen LogP contribution < -0.4 is 4.74 Å². The molecule has 0 saturated carbocycles. The first-order valence-corrected chi connectivity index (χ1v) is 11.5. The number of halogens is 1. The molecule has 8 heteroatoms. The molecule has 5 nitrogen and oxygen atoms in total. The number of carbonyl (C=O) groups excluding carboxylic acids is 1. The first-order chi connectivity index (χ1) is 14.9. The van der Waals surface area contributed by atoms with Crippen LogP contribution >= 0.6 is 35.6 Å². The number of benzene rings is 2. The van der Waals surface area contributed by atoms with Crippen LogP contribution in [-0.4, -0.2) is 32.2 Å². The Morgan fingerprint density at radius 2 is 1.90 bits per heavy atom. The number of hydrogen-bond donors (Lipinski definition) is 1. The molecule has 162 valence electrons. The van der Waals surface area contributed by atoms with Crippen molar-refractivity contribution in [2.75, 3.05) is 0 Å². The van der Waals surface area contributed by atoms with Crippen molar-refractivity contribution in [3.63, 3.8) is 0 Å². The molecule has 1 amide bonds. The first-order valence-electron chi connectivity index (χ1n) is 9.86. The third kappa shape index (κ3) is 6.09. The topological polar surface area (TPSA) is 66.8 Å². The van der Waals surface area contributed by atoms with Crippen molar-refractivity contribution in [2.24, 2.45) is 0 Å². The summed E-state index contributed by atoms with van der Waals surface area (Å²) in [6.07, 6.45) is 3.66. The van der Waals surface area contributed by atoms with Crippen molar-refractivity contribution < 1.29 is 19.4 Å². The number of aliphatic carboxylic acids is 1. The number of rotatable bonds is 9. The van der Waals surface area contributed by atoms with Gasteiger partial charge in [-0.25, -0.2) is 4.79 Å². The molecule has 3 rings (SSSR count). The van der Waals surface area contributed by atoms with Crippen LogP contribution in [0, 0.1) is 0 Å². The zero-order chi connectivity index (χ0) is 22.4. The fraction of sp³-hybridized carbons (Fsp3) is 0.261. The van der Waals surface area contributed by atoms with Crippen LogP contribution in [0.4, 0.5) is 0 Å². The number of nitrogens with zero attached hydrogens (tertiary/aromatic N) is 1. The van der Waals surface area contributed by atoms with Crippen LogP contribution in [0.2, 0.25) is 5.02 Å². The summed E-state index contributed by atoms with van der Waals surface area (Å²) in [6, 6.07) is 13.8. The van der Waals surface area contributed by atoms with Crippen molar-refractivity contribution in [1.29, 1.82) is 0 Å². The molecule has 1 atom stereocenters. The van der Waals surface area contributed by atoms with Crippen LogP contribution in [0.25, 0.3) is 6.08 Å². The van der Waals surface area contributed by atoms with Gasteiger partial charge in [0, 0.05) is 5.02 Å². The number of hydrogen-bond acceptors (Lipinski definition) is 5. The molecule has 0 radical (unpaired) electrons. The number of amides is 1. The summed E-state index contributed by atoms with van der Waals surface area (Å²) in [5, 5.41) is 10.2. The van der Waals surface area contributed by atoms with E-state index < -0.39 is 12.0 Å². The minimum atomic E-state index is -1.03. The summed E-state index contributed by atoms with van der Waals surface area (Å²) < 4.78 is 6.06. The average molecular weight is 476 g/mol. The number of thioether (sulfide) groups is 1. The Labute approximate surface area is 196 Å². The highest BCUT2D eigenvalue weighted by molar-refractivity contribution is 8.26. The molecule has 1 N–H and O–H groups in total. The fourth-order valence-corrected chi connectivity index (χ4v) is 4.55. The molecular formula is C23H22ClNO4S2. The second-order valence-corrected chi connectivity index (χ2v) is 9.14. The summed E-state index contributed by atoms with van der Waals surface area (Å²) in [5.41, 5.74) is 1.81. The van der Waals surface area contributed by atoms with Gasteiger partial charge in [0.05, 0.1) is 4.91 Å². The number of carboxylic acids is 1. The van der Waals surface area contributed by atoms with Crippen molar-refractivity contribution in [3.8, 4) is 5.75 Å².